The minimum Gasteiger partial charge on any atom is -0.266 e. The molecule has 0 saturated heterocycles. The summed E-state index contributed by atoms with van der Waals surface area (Å²) in [6.07, 6.45) is 3.50. The van der Waals surface area contributed by atoms with Crippen molar-refractivity contribution in [3.05, 3.63) is 18.0 Å². The summed E-state index contributed by atoms with van der Waals surface area (Å²) in [7, 11) is 0. The molecule has 1 rings (SSSR count). The van der Waals surface area contributed by atoms with E-state index in [1.54, 1.807) is 12.3 Å². The molecule has 13 heavy (non-hydrogen) atoms. The standard InChI is InChI=1S/C10H11N3/c1-10(2,3)13-8-9(7-12-13)5-4-6-11/h7-8H,1-3H3. The lowest BCUT2D eigenvalue weighted by molar-refractivity contribution is 0.355. The predicted molar refractivity (Wildman–Crippen MR) is 49.7 cm³/mol. The van der Waals surface area contributed by atoms with Crippen LogP contribution in [0.15, 0.2) is 12.4 Å². The fourth-order valence-electron chi connectivity index (χ4n) is 0.854. The lowest BCUT2D eigenvalue weighted by Gasteiger charge is -2.18. The second-order valence-electron chi connectivity index (χ2n) is 3.71. The van der Waals surface area contributed by atoms with Gasteiger partial charge in [0.25, 0.3) is 0 Å². The summed E-state index contributed by atoms with van der Waals surface area (Å²) in [4.78, 5) is 0. The van der Waals surface area contributed by atoms with Gasteiger partial charge in [0.15, 0.2) is 6.07 Å². The molecule has 0 fully saturated rings. The normalized spacial score (nSPS) is 10.0. The highest BCUT2D eigenvalue weighted by Gasteiger charge is 2.12. The van der Waals surface area contributed by atoms with Crippen LogP contribution in [0, 0.1) is 23.2 Å². The van der Waals surface area contributed by atoms with Crippen molar-refractivity contribution in [3.8, 4) is 17.9 Å². The zero-order valence-electron chi connectivity index (χ0n) is 8.00. The van der Waals surface area contributed by atoms with E-state index in [1.165, 1.54) is 0 Å². The van der Waals surface area contributed by atoms with Crippen molar-refractivity contribution >= 4 is 0 Å². The third kappa shape index (κ3) is 2.35. The molecule has 0 unspecified atom stereocenters. The summed E-state index contributed by atoms with van der Waals surface area (Å²) in [5.74, 6) is 5.02. The van der Waals surface area contributed by atoms with Gasteiger partial charge in [-0.1, -0.05) is 0 Å². The van der Waals surface area contributed by atoms with E-state index in [2.05, 4.69) is 37.7 Å². The molecule has 0 saturated carbocycles. The van der Waals surface area contributed by atoms with Gasteiger partial charge in [-0.15, -0.1) is 0 Å². The van der Waals surface area contributed by atoms with Crippen LogP contribution >= 0.6 is 0 Å². The topological polar surface area (TPSA) is 41.6 Å². The van der Waals surface area contributed by atoms with Crippen molar-refractivity contribution in [2.75, 3.05) is 0 Å². The maximum atomic E-state index is 8.24. The van der Waals surface area contributed by atoms with Crippen LogP contribution in [0.25, 0.3) is 0 Å². The van der Waals surface area contributed by atoms with Crippen LogP contribution < -0.4 is 0 Å². The summed E-state index contributed by atoms with van der Waals surface area (Å²) < 4.78 is 1.83. The van der Waals surface area contributed by atoms with Crippen LogP contribution in [0.1, 0.15) is 26.3 Å². The third-order valence-corrected chi connectivity index (χ3v) is 1.53. The highest BCUT2D eigenvalue weighted by Crippen LogP contribution is 2.12. The first-order chi connectivity index (χ1) is 6.04. The fraction of sp³-hybridized carbons (Fsp3) is 0.400. The van der Waals surface area contributed by atoms with Crippen LogP contribution in [0.5, 0.6) is 0 Å². The van der Waals surface area contributed by atoms with Gasteiger partial charge in [-0.3, -0.25) is 4.68 Å². The monoisotopic (exact) mass is 173 g/mol. The van der Waals surface area contributed by atoms with E-state index in [0.717, 1.165) is 5.56 Å². The molecule has 0 aliphatic heterocycles. The number of nitriles is 1. The molecule has 0 amide bonds. The van der Waals surface area contributed by atoms with Crippen LogP contribution in [0.4, 0.5) is 0 Å². The maximum absolute atomic E-state index is 8.24. The maximum Gasteiger partial charge on any atom is 0.152 e. The molecular weight excluding hydrogens is 162 g/mol. The highest BCUT2D eigenvalue weighted by molar-refractivity contribution is 5.34. The molecule has 0 atom stereocenters. The van der Waals surface area contributed by atoms with Gasteiger partial charge in [0, 0.05) is 12.1 Å². The second kappa shape index (κ2) is 3.33. The number of hydrogen-bond donors (Lipinski definition) is 0. The fourth-order valence-corrected chi connectivity index (χ4v) is 0.854. The molecule has 3 nitrogen and oxygen atoms in total. The molecule has 0 N–H and O–H groups in total. The lowest BCUT2D eigenvalue weighted by Crippen LogP contribution is -2.21. The molecule has 0 spiro atoms. The number of hydrogen-bond acceptors (Lipinski definition) is 2. The van der Waals surface area contributed by atoms with Gasteiger partial charge in [-0.2, -0.15) is 10.4 Å². The van der Waals surface area contributed by atoms with Crippen molar-refractivity contribution in [2.45, 2.75) is 26.3 Å². The molecule has 3 heteroatoms. The minimum atomic E-state index is -0.0351. The van der Waals surface area contributed by atoms with Crippen LogP contribution in [-0.2, 0) is 5.54 Å². The number of aromatic nitrogens is 2. The van der Waals surface area contributed by atoms with Gasteiger partial charge >= 0.3 is 0 Å². The van der Waals surface area contributed by atoms with Gasteiger partial charge in [0.05, 0.1) is 17.3 Å². The summed E-state index contributed by atoms with van der Waals surface area (Å²) in [5, 5.41) is 12.4. The van der Waals surface area contributed by atoms with Crippen molar-refractivity contribution in [3.63, 3.8) is 0 Å². The molecule has 0 aliphatic rings. The van der Waals surface area contributed by atoms with Gasteiger partial charge in [0.2, 0.25) is 0 Å². The first kappa shape index (κ1) is 9.35. The van der Waals surface area contributed by atoms with E-state index >= 15 is 0 Å². The van der Waals surface area contributed by atoms with Crippen molar-refractivity contribution < 1.29 is 0 Å². The Hall–Kier alpha value is -1.74. The van der Waals surface area contributed by atoms with Crippen LogP contribution in [0.3, 0.4) is 0 Å². The zero-order chi connectivity index (χ0) is 9.90. The van der Waals surface area contributed by atoms with Gasteiger partial charge in [-0.25, -0.2) is 0 Å². The SMILES string of the molecule is CC(C)(C)n1cc(C#CC#N)cn1. The smallest absolute Gasteiger partial charge is 0.152 e. The second-order valence-corrected chi connectivity index (χ2v) is 3.71. The van der Waals surface area contributed by atoms with Crippen molar-refractivity contribution in [2.24, 2.45) is 0 Å². The van der Waals surface area contributed by atoms with Crippen LogP contribution in [0.2, 0.25) is 0 Å². The Bertz CT molecular complexity index is 390. The number of nitrogens with zero attached hydrogens (tertiary/aromatic N) is 3. The molecule has 66 valence electrons. The average molecular weight is 173 g/mol. The van der Waals surface area contributed by atoms with E-state index in [1.807, 2.05) is 10.9 Å². The zero-order valence-corrected chi connectivity index (χ0v) is 8.00. The third-order valence-electron chi connectivity index (χ3n) is 1.53. The highest BCUT2D eigenvalue weighted by atomic mass is 15.3. The molecule has 0 radical (unpaired) electrons. The van der Waals surface area contributed by atoms with E-state index < -0.39 is 0 Å². The molecule has 0 aliphatic carbocycles. The first-order valence-corrected chi connectivity index (χ1v) is 3.99. The molecule has 1 heterocycles. The summed E-state index contributed by atoms with van der Waals surface area (Å²) in [6, 6.07) is 1.77. The van der Waals surface area contributed by atoms with E-state index in [9.17, 15) is 0 Å². The van der Waals surface area contributed by atoms with Gasteiger partial charge in [-0.05, 0) is 26.7 Å². The minimum absolute atomic E-state index is 0.0351. The Morgan fingerprint density at radius 2 is 2.15 bits per heavy atom. The van der Waals surface area contributed by atoms with Crippen LogP contribution in [-0.4, -0.2) is 9.78 Å². The Kier molecular flexibility index (Phi) is 2.39. The van der Waals surface area contributed by atoms with Gasteiger partial charge in [0.1, 0.15) is 0 Å². The summed E-state index contributed by atoms with van der Waals surface area (Å²) >= 11 is 0. The largest absolute Gasteiger partial charge is 0.266 e. The lowest BCUT2D eigenvalue weighted by atomic mass is 10.1. The molecule has 1 aromatic heterocycles. The van der Waals surface area contributed by atoms with E-state index in [4.69, 9.17) is 5.26 Å². The first-order valence-electron chi connectivity index (χ1n) is 3.99. The predicted octanol–water partition coefficient (Wildman–Crippen LogP) is 1.51. The summed E-state index contributed by atoms with van der Waals surface area (Å²) in [5.41, 5.74) is 0.739. The molecule has 0 bridgehead atoms. The molecule has 1 aromatic rings. The molecular formula is C10H11N3. The van der Waals surface area contributed by atoms with E-state index in [0.29, 0.717) is 0 Å². The summed E-state index contributed by atoms with van der Waals surface area (Å²) in [6.45, 7) is 6.17. The van der Waals surface area contributed by atoms with E-state index in [-0.39, 0.29) is 5.54 Å². The van der Waals surface area contributed by atoms with Gasteiger partial charge < -0.3 is 0 Å². The average Bonchev–Trinajstić information content (AvgIpc) is 2.47. The Morgan fingerprint density at radius 1 is 1.46 bits per heavy atom. The number of rotatable bonds is 0. The van der Waals surface area contributed by atoms with Crippen molar-refractivity contribution in [1.82, 2.24) is 9.78 Å². The Balaban J connectivity index is 2.95. The van der Waals surface area contributed by atoms with Crippen molar-refractivity contribution in [1.29, 1.82) is 5.26 Å². The molecule has 0 aromatic carbocycles. The Labute approximate surface area is 78.0 Å². The Morgan fingerprint density at radius 3 is 2.62 bits per heavy atom. The quantitative estimate of drug-likeness (QED) is 0.558.